The van der Waals surface area contributed by atoms with Crippen molar-refractivity contribution in [1.29, 1.82) is 0 Å². The Hall–Kier alpha value is -1.88. The lowest BCUT2D eigenvalue weighted by Crippen LogP contribution is -2.49. The van der Waals surface area contributed by atoms with E-state index in [1.165, 1.54) is 55.8 Å². The third-order valence-electron chi connectivity index (χ3n) is 6.83. The van der Waals surface area contributed by atoms with E-state index in [4.69, 9.17) is 4.74 Å². The van der Waals surface area contributed by atoms with Gasteiger partial charge in [0.25, 0.3) is 0 Å². The number of ether oxygens (including phenoxy) is 1. The molecule has 0 spiro atoms. The Kier molecular flexibility index (Phi) is 8.39. The monoisotopic (exact) mass is 421 g/mol. The van der Waals surface area contributed by atoms with Crippen LogP contribution in [-0.2, 0) is 4.74 Å². The van der Waals surface area contributed by atoms with Gasteiger partial charge in [0.1, 0.15) is 0 Å². The van der Waals surface area contributed by atoms with E-state index in [1.54, 1.807) is 0 Å². The average Bonchev–Trinajstić information content (AvgIpc) is 3.01. The Morgan fingerprint density at radius 3 is 2.26 bits per heavy atom. The van der Waals surface area contributed by atoms with Crippen molar-refractivity contribution in [2.45, 2.75) is 32.1 Å². The van der Waals surface area contributed by atoms with Crippen LogP contribution in [0.15, 0.2) is 54.6 Å². The van der Waals surface area contributed by atoms with Gasteiger partial charge in [-0.1, -0.05) is 55.5 Å². The van der Waals surface area contributed by atoms with Gasteiger partial charge in [-0.3, -0.25) is 9.80 Å². The molecule has 1 fully saturated rings. The number of nitrogens with zero attached hydrogens (tertiary/aromatic N) is 3. The molecule has 2 heterocycles. The fraction of sp³-hybridized carbons (Fsp3) is 0.556. The molecule has 0 amide bonds. The molecule has 2 aliphatic rings. The summed E-state index contributed by atoms with van der Waals surface area (Å²) in [4.78, 5) is 7.84. The summed E-state index contributed by atoms with van der Waals surface area (Å²) in [7, 11) is 0. The molecule has 31 heavy (non-hydrogen) atoms. The molecule has 2 aromatic rings. The van der Waals surface area contributed by atoms with E-state index < -0.39 is 0 Å². The van der Waals surface area contributed by atoms with Gasteiger partial charge in [0.2, 0.25) is 0 Å². The van der Waals surface area contributed by atoms with Gasteiger partial charge >= 0.3 is 0 Å². The Bertz CT molecular complexity index is 773. The van der Waals surface area contributed by atoms with Gasteiger partial charge in [-0.05, 0) is 36.5 Å². The molecule has 1 saturated heterocycles. The quantitative estimate of drug-likeness (QED) is 0.556. The van der Waals surface area contributed by atoms with Crippen LogP contribution in [0.2, 0.25) is 0 Å². The van der Waals surface area contributed by atoms with Crippen molar-refractivity contribution < 1.29 is 4.74 Å². The number of rotatable bonds is 9. The fourth-order valence-electron chi connectivity index (χ4n) is 5.03. The second-order valence-corrected chi connectivity index (χ2v) is 8.95. The van der Waals surface area contributed by atoms with Crippen LogP contribution in [0.4, 0.5) is 5.69 Å². The smallest absolute Gasteiger partial charge is 0.0593 e. The summed E-state index contributed by atoms with van der Waals surface area (Å²) in [6.45, 7) is 13.1. The van der Waals surface area contributed by atoms with Crippen molar-refractivity contribution in [1.82, 2.24) is 9.80 Å². The highest BCUT2D eigenvalue weighted by Crippen LogP contribution is 2.38. The van der Waals surface area contributed by atoms with Crippen LogP contribution in [-0.4, -0.2) is 75.4 Å². The summed E-state index contributed by atoms with van der Waals surface area (Å²) in [5, 5.41) is 0. The average molecular weight is 422 g/mol. The first-order valence-electron chi connectivity index (χ1n) is 12.3. The highest BCUT2D eigenvalue weighted by atomic mass is 16.5. The minimum atomic E-state index is 0.515. The maximum absolute atomic E-state index is 5.66. The Morgan fingerprint density at radius 2 is 1.48 bits per heavy atom. The molecule has 1 unspecified atom stereocenters. The lowest BCUT2D eigenvalue weighted by Gasteiger charge is -2.36. The standard InChI is InChI=1S/C27H39N3O/c1-2-22-31-23-21-29-17-15-28(16-18-29)19-20-30-14-8-12-25(24-9-4-3-5-10-24)26-11-6-7-13-27(26)30/h3-7,9-11,13,25H,2,8,12,14-23H2,1H3. The van der Waals surface area contributed by atoms with Gasteiger partial charge in [0.05, 0.1) is 6.61 Å². The molecular weight excluding hydrogens is 382 g/mol. The number of benzene rings is 2. The van der Waals surface area contributed by atoms with Gasteiger partial charge in [-0.15, -0.1) is 0 Å². The van der Waals surface area contributed by atoms with E-state index in [9.17, 15) is 0 Å². The predicted octanol–water partition coefficient (Wildman–Crippen LogP) is 4.46. The highest BCUT2D eigenvalue weighted by molar-refractivity contribution is 5.58. The summed E-state index contributed by atoms with van der Waals surface area (Å²) < 4.78 is 5.66. The molecule has 0 aromatic heterocycles. The molecule has 0 N–H and O–H groups in total. The second kappa shape index (κ2) is 11.7. The van der Waals surface area contributed by atoms with Gasteiger partial charge in [0.15, 0.2) is 0 Å². The highest BCUT2D eigenvalue weighted by Gasteiger charge is 2.24. The summed E-state index contributed by atoms with van der Waals surface area (Å²) in [5.41, 5.74) is 4.40. The van der Waals surface area contributed by atoms with Crippen LogP contribution in [0.25, 0.3) is 0 Å². The van der Waals surface area contributed by atoms with Crippen molar-refractivity contribution in [2.24, 2.45) is 0 Å². The molecule has 1 atom stereocenters. The van der Waals surface area contributed by atoms with Gasteiger partial charge in [0, 0.05) is 70.6 Å². The molecule has 2 aliphatic heterocycles. The number of para-hydroxylation sites is 1. The number of fused-ring (bicyclic) bond motifs is 1. The number of anilines is 1. The zero-order chi connectivity index (χ0) is 21.3. The zero-order valence-electron chi connectivity index (χ0n) is 19.2. The van der Waals surface area contributed by atoms with E-state index in [0.29, 0.717) is 5.92 Å². The van der Waals surface area contributed by atoms with E-state index in [-0.39, 0.29) is 0 Å². The minimum Gasteiger partial charge on any atom is -0.380 e. The van der Waals surface area contributed by atoms with Gasteiger partial charge in [-0.25, -0.2) is 0 Å². The summed E-state index contributed by atoms with van der Waals surface area (Å²) in [5.74, 6) is 0.515. The SMILES string of the molecule is CCCOCCN1CCN(CCN2CCCC(c3ccccc3)c3ccccc32)CC1. The van der Waals surface area contributed by atoms with Crippen LogP contribution >= 0.6 is 0 Å². The first-order valence-corrected chi connectivity index (χ1v) is 12.3. The Labute approximate surface area is 188 Å². The predicted molar refractivity (Wildman–Crippen MR) is 130 cm³/mol. The summed E-state index contributed by atoms with van der Waals surface area (Å²) in [6.07, 6.45) is 3.59. The maximum atomic E-state index is 5.66. The summed E-state index contributed by atoms with van der Waals surface area (Å²) >= 11 is 0. The van der Waals surface area contributed by atoms with Crippen molar-refractivity contribution in [2.75, 3.05) is 70.5 Å². The molecule has 0 radical (unpaired) electrons. The normalized spacial score (nSPS) is 20.4. The molecule has 0 bridgehead atoms. The molecule has 0 aliphatic carbocycles. The van der Waals surface area contributed by atoms with Crippen molar-refractivity contribution in [3.05, 3.63) is 65.7 Å². The third-order valence-corrected chi connectivity index (χ3v) is 6.83. The largest absolute Gasteiger partial charge is 0.380 e. The maximum Gasteiger partial charge on any atom is 0.0593 e. The molecule has 4 rings (SSSR count). The van der Waals surface area contributed by atoms with E-state index in [1.807, 2.05) is 0 Å². The summed E-state index contributed by atoms with van der Waals surface area (Å²) in [6, 6.07) is 20.2. The lowest BCUT2D eigenvalue weighted by molar-refractivity contribution is 0.0766. The van der Waals surface area contributed by atoms with Crippen LogP contribution < -0.4 is 4.90 Å². The Morgan fingerprint density at radius 1 is 0.774 bits per heavy atom. The van der Waals surface area contributed by atoms with Crippen LogP contribution in [0, 0.1) is 0 Å². The first kappa shape index (κ1) is 22.3. The van der Waals surface area contributed by atoms with E-state index in [2.05, 4.69) is 76.2 Å². The molecule has 4 heteroatoms. The Balaban J connectivity index is 1.32. The topological polar surface area (TPSA) is 19.0 Å². The van der Waals surface area contributed by atoms with Gasteiger partial charge in [-0.2, -0.15) is 0 Å². The van der Waals surface area contributed by atoms with E-state index in [0.717, 1.165) is 45.8 Å². The molecular formula is C27H39N3O. The number of piperazine rings is 1. The zero-order valence-corrected chi connectivity index (χ0v) is 19.2. The lowest BCUT2D eigenvalue weighted by atomic mass is 9.87. The molecule has 2 aromatic carbocycles. The van der Waals surface area contributed by atoms with Crippen molar-refractivity contribution in [3.63, 3.8) is 0 Å². The van der Waals surface area contributed by atoms with Crippen LogP contribution in [0.5, 0.6) is 0 Å². The van der Waals surface area contributed by atoms with Gasteiger partial charge < -0.3 is 9.64 Å². The second-order valence-electron chi connectivity index (χ2n) is 8.95. The first-order chi connectivity index (χ1) is 15.3. The molecule has 4 nitrogen and oxygen atoms in total. The van der Waals surface area contributed by atoms with E-state index >= 15 is 0 Å². The third kappa shape index (κ3) is 6.09. The minimum absolute atomic E-state index is 0.515. The van der Waals surface area contributed by atoms with Crippen molar-refractivity contribution in [3.8, 4) is 0 Å². The number of hydrogen-bond acceptors (Lipinski definition) is 4. The van der Waals surface area contributed by atoms with Crippen molar-refractivity contribution >= 4 is 5.69 Å². The fourth-order valence-corrected chi connectivity index (χ4v) is 5.03. The molecule has 0 saturated carbocycles. The molecule has 168 valence electrons. The number of hydrogen-bond donors (Lipinski definition) is 0. The van der Waals surface area contributed by atoms with Crippen LogP contribution in [0.1, 0.15) is 43.2 Å². The van der Waals surface area contributed by atoms with Crippen LogP contribution in [0.3, 0.4) is 0 Å².